The number of aromatic nitrogens is 2. The van der Waals surface area contributed by atoms with Crippen molar-refractivity contribution in [3.05, 3.63) is 82.6 Å². The van der Waals surface area contributed by atoms with Gasteiger partial charge in [0.2, 0.25) is 5.91 Å². The van der Waals surface area contributed by atoms with Crippen LogP contribution in [0.3, 0.4) is 0 Å². The van der Waals surface area contributed by atoms with Gasteiger partial charge in [-0.1, -0.05) is 41.9 Å². The Morgan fingerprint density at radius 1 is 1.12 bits per heavy atom. The number of nitrogens with zero attached hydrogens (tertiary/aromatic N) is 2. The highest BCUT2D eigenvalue weighted by molar-refractivity contribution is 6.31. The number of hydrogen-bond donors (Lipinski definition) is 1. The van der Waals surface area contributed by atoms with Crippen molar-refractivity contribution < 1.29 is 9.59 Å². The highest BCUT2D eigenvalue weighted by atomic mass is 35.5. The van der Waals surface area contributed by atoms with Crippen LogP contribution < -0.4 is 5.32 Å². The maximum atomic E-state index is 12.7. The van der Waals surface area contributed by atoms with Crippen molar-refractivity contribution in [3.8, 4) is 0 Å². The van der Waals surface area contributed by atoms with Gasteiger partial charge in [-0.3, -0.25) is 14.3 Å². The Kier molecular flexibility index (Phi) is 4.95. The van der Waals surface area contributed by atoms with E-state index in [-0.39, 0.29) is 18.2 Å². The van der Waals surface area contributed by atoms with E-state index in [4.69, 9.17) is 11.6 Å². The average molecular weight is 354 g/mol. The van der Waals surface area contributed by atoms with Crippen LogP contribution in [0.25, 0.3) is 0 Å². The van der Waals surface area contributed by atoms with Crippen molar-refractivity contribution in [2.45, 2.75) is 13.5 Å². The quantitative estimate of drug-likeness (QED) is 0.711. The van der Waals surface area contributed by atoms with Crippen molar-refractivity contribution in [1.29, 1.82) is 0 Å². The molecule has 3 rings (SSSR count). The molecule has 1 amide bonds. The zero-order chi connectivity index (χ0) is 17.8. The number of hydrogen-bond acceptors (Lipinski definition) is 3. The van der Waals surface area contributed by atoms with E-state index in [0.717, 1.165) is 5.69 Å². The molecule has 0 aliphatic carbocycles. The molecule has 6 heteroatoms. The van der Waals surface area contributed by atoms with Gasteiger partial charge in [0.15, 0.2) is 5.78 Å². The topological polar surface area (TPSA) is 64.0 Å². The van der Waals surface area contributed by atoms with Gasteiger partial charge in [-0.25, -0.2) is 0 Å². The van der Waals surface area contributed by atoms with E-state index in [1.54, 1.807) is 53.3 Å². The molecular weight excluding hydrogens is 338 g/mol. The molecule has 5 nitrogen and oxygen atoms in total. The van der Waals surface area contributed by atoms with Gasteiger partial charge in [-0.05, 0) is 31.2 Å². The third-order valence-corrected chi connectivity index (χ3v) is 3.85. The summed E-state index contributed by atoms with van der Waals surface area (Å²) in [6, 6.07) is 15.5. The van der Waals surface area contributed by atoms with Crippen LogP contribution in [0.4, 0.5) is 5.69 Å². The highest BCUT2D eigenvalue weighted by Crippen LogP contribution is 2.23. The lowest BCUT2D eigenvalue weighted by molar-refractivity contribution is -0.116. The minimum Gasteiger partial charge on any atom is -0.324 e. The Labute approximate surface area is 150 Å². The van der Waals surface area contributed by atoms with Crippen LogP contribution in [0, 0.1) is 6.92 Å². The average Bonchev–Trinajstić information content (AvgIpc) is 3.01. The van der Waals surface area contributed by atoms with Gasteiger partial charge < -0.3 is 5.32 Å². The second-order valence-electron chi connectivity index (χ2n) is 5.59. The minimum absolute atomic E-state index is 0.0649. The first kappa shape index (κ1) is 16.9. The second kappa shape index (κ2) is 7.32. The summed E-state index contributed by atoms with van der Waals surface area (Å²) in [5.41, 5.74) is 2.14. The van der Waals surface area contributed by atoms with Gasteiger partial charge in [0.1, 0.15) is 6.54 Å². The van der Waals surface area contributed by atoms with E-state index in [9.17, 15) is 9.59 Å². The lowest BCUT2D eigenvalue weighted by Gasteiger charge is -2.11. The lowest BCUT2D eigenvalue weighted by Crippen LogP contribution is -2.20. The summed E-state index contributed by atoms with van der Waals surface area (Å²) in [6.45, 7) is 1.92. The van der Waals surface area contributed by atoms with Crippen LogP contribution in [-0.2, 0) is 11.3 Å². The van der Waals surface area contributed by atoms with Gasteiger partial charge in [0.25, 0.3) is 0 Å². The SMILES string of the molecule is Cc1ccn(CC(=O)Nc2ccc(Cl)cc2C(=O)c2ccccc2)n1. The number of rotatable bonds is 5. The summed E-state index contributed by atoms with van der Waals surface area (Å²) >= 11 is 6.04. The fourth-order valence-electron chi connectivity index (χ4n) is 2.45. The molecule has 0 unspecified atom stereocenters. The summed E-state index contributed by atoms with van der Waals surface area (Å²) in [5, 5.41) is 7.38. The van der Waals surface area contributed by atoms with Crippen molar-refractivity contribution in [2.24, 2.45) is 0 Å². The highest BCUT2D eigenvalue weighted by Gasteiger charge is 2.16. The monoisotopic (exact) mass is 353 g/mol. The summed E-state index contributed by atoms with van der Waals surface area (Å²) < 4.78 is 1.54. The molecule has 0 fully saturated rings. The van der Waals surface area contributed by atoms with Gasteiger partial charge in [-0.15, -0.1) is 0 Å². The molecule has 0 saturated carbocycles. The van der Waals surface area contributed by atoms with E-state index >= 15 is 0 Å². The van der Waals surface area contributed by atoms with Gasteiger partial charge >= 0.3 is 0 Å². The molecule has 0 bridgehead atoms. The molecule has 1 N–H and O–H groups in total. The van der Waals surface area contributed by atoms with Crippen LogP contribution in [0.15, 0.2) is 60.8 Å². The van der Waals surface area contributed by atoms with Crippen molar-refractivity contribution in [2.75, 3.05) is 5.32 Å². The Morgan fingerprint density at radius 3 is 2.56 bits per heavy atom. The molecule has 25 heavy (non-hydrogen) atoms. The van der Waals surface area contributed by atoms with Gasteiger partial charge in [0, 0.05) is 22.3 Å². The third-order valence-electron chi connectivity index (χ3n) is 3.62. The zero-order valence-corrected chi connectivity index (χ0v) is 14.3. The Hall–Kier alpha value is -2.92. The molecule has 0 aliphatic heterocycles. The fourth-order valence-corrected chi connectivity index (χ4v) is 2.62. The molecule has 0 aliphatic rings. The summed E-state index contributed by atoms with van der Waals surface area (Å²) in [4.78, 5) is 25.0. The largest absolute Gasteiger partial charge is 0.324 e. The smallest absolute Gasteiger partial charge is 0.246 e. The van der Waals surface area contributed by atoms with Crippen LogP contribution >= 0.6 is 11.6 Å². The van der Waals surface area contributed by atoms with Gasteiger partial charge in [-0.2, -0.15) is 5.10 Å². The van der Waals surface area contributed by atoms with Crippen molar-refractivity contribution >= 4 is 29.0 Å². The number of amides is 1. The van der Waals surface area contributed by atoms with Crippen molar-refractivity contribution in [1.82, 2.24) is 9.78 Å². The molecule has 0 atom stereocenters. The summed E-state index contributed by atoms with van der Waals surface area (Å²) in [6.07, 6.45) is 1.73. The van der Waals surface area contributed by atoms with Crippen molar-refractivity contribution in [3.63, 3.8) is 0 Å². The van der Waals surface area contributed by atoms with E-state index < -0.39 is 0 Å². The predicted octanol–water partition coefficient (Wildman–Crippen LogP) is 3.71. The summed E-state index contributed by atoms with van der Waals surface area (Å²) in [5.74, 6) is -0.471. The van der Waals surface area contributed by atoms with Crippen LogP contribution in [0.2, 0.25) is 5.02 Å². The number of aryl methyl sites for hydroxylation is 1. The number of carbonyl (C=O) groups is 2. The molecule has 126 valence electrons. The first-order valence-electron chi connectivity index (χ1n) is 7.72. The molecule has 0 saturated heterocycles. The molecule has 0 spiro atoms. The maximum Gasteiger partial charge on any atom is 0.246 e. The Morgan fingerprint density at radius 2 is 1.88 bits per heavy atom. The maximum absolute atomic E-state index is 12.7. The van der Waals surface area contributed by atoms with Crippen LogP contribution in [-0.4, -0.2) is 21.5 Å². The first-order valence-corrected chi connectivity index (χ1v) is 8.10. The molecule has 3 aromatic rings. The second-order valence-corrected chi connectivity index (χ2v) is 6.02. The predicted molar refractivity (Wildman–Crippen MR) is 96.9 cm³/mol. The molecular formula is C19H16ClN3O2. The third kappa shape index (κ3) is 4.14. The number of halogens is 1. The molecule has 0 radical (unpaired) electrons. The first-order chi connectivity index (χ1) is 12.0. The number of carbonyl (C=O) groups excluding carboxylic acids is 2. The molecule has 1 heterocycles. The number of anilines is 1. The fraction of sp³-hybridized carbons (Fsp3) is 0.105. The molecule has 1 aromatic heterocycles. The Balaban J connectivity index is 1.84. The Bertz CT molecular complexity index is 919. The number of nitrogens with one attached hydrogen (secondary N) is 1. The standard InChI is InChI=1S/C19H16ClN3O2/c1-13-9-10-23(22-13)12-18(24)21-17-8-7-15(20)11-16(17)19(25)14-5-3-2-4-6-14/h2-11H,12H2,1H3,(H,21,24). The summed E-state index contributed by atoms with van der Waals surface area (Å²) in [7, 11) is 0. The van der Waals surface area contributed by atoms with E-state index in [1.165, 1.54) is 0 Å². The van der Waals surface area contributed by atoms with Crippen LogP contribution in [0.5, 0.6) is 0 Å². The zero-order valence-electron chi connectivity index (χ0n) is 13.6. The number of benzene rings is 2. The number of ketones is 1. The van der Waals surface area contributed by atoms with E-state index in [1.807, 2.05) is 19.1 Å². The van der Waals surface area contributed by atoms with E-state index in [2.05, 4.69) is 10.4 Å². The normalized spacial score (nSPS) is 10.5. The minimum atomic E-state index is -0.271. The van der Waals surface area contributed by atoms with Crippen LogP contribution in [0.1, 0.15) is 21.6 Å². The van der Waals surface area contributed by atoms with Gasteiger partial charge in [0.05, 0.1) is 11.4 Å². The van der Waals surface area contributed by atoms with E-state index in [0.29, 0.717) is 21.8 Å². The molecule has 2 aromatic carbocycles. The lowest BCUT2D eigenvalue weighted by atomic mass is 10.0.